The first-order valence-corrected chi connectivity index (χ1v) is 10.9. The SMILES string of the molecule is Cc1ccc(-n2nc(C(F)(F)F)c3cc(C(=O)NCCNC(=O)c4ccc(F)cc4)sc32)cc1. The lowest BCUT2D eigenvalue weighted by Gasteiger charge is -2.07. The molecule has 11 heteroatoms. The second-order valence-electron chi connectivity index (χ2n) is 7.44. The first-order valence-electron chi connectivity index (χ1n) is 10.1. The van der Waals surface area contributed by atoms with E-state index in [2.05, 4.69) is 15.7 Å². The van der Waals surface area contributed by atoms with Crippen molar-refractivity contribution in [1.29, 1.82) is 0 Å². The van der Waals surface area contributed by atoms with Crippen LogP contribution in [-0.2, 0) is 6.18 Å². The van der Waals surface area contributed by atoms with Crippen LogP contribution in [0.2, 0.25) is 0 Å². The molecule has 0 atom stereocenters. The maximum Gasteiger partial charge on any atom is 0.435 e. The summed E-state index contributed by atoms with van der Waals surface area (Å²) in [5, 5.41) is 8.74. The lowest BCUT2D eigenvalue weighted by molar-refractivity contribution is -0.140. The zero-order valence-electron chi connectivity index (χ0n) is 17.7. The number of nitrogens with zero attached hydrogens (tertiary/aromatic N) is 2. The Morgan fingerprint density at radius 1 is 0.971 bits per heavy atom. The Morgan fingerprint density at radius 2 is 1.59 bits per heavy atom. The molecule has 2 heterocycles. The molecule has 0 radical (unpaired) electrons. The van der Waals surface area contributed by atoms with Crippen LogP contribution in [0.1, 0.15) is 31.3 Å². The third kappa shape index (κ3) is 4.93. The number of nitrogens with one attached hydrogen (secondary N) is 2. The Kier molecular flexibility index (Phi) is 6.38. The average molecular weight is 490 g/mol. The Balaban J connectivity index is 1.48. The van der Waals surface area contributed by atoms with Gasteiger partial charge in [-0.05, 0) is 49.4 Å². The zero-order chi connectivity index (χ0) is 24.5. The molecular weight excluding hydrogens is 472 g/mol. The van der Waals surface area contributed by atoms with Crippen molar-refractivity contribution in [3.63, 3.8) is 0 Å². The van der Waals surface area contributed by atoms with Crippen LogP contribution in [0.5, 0.6) is 0 Å². The van der Waals surface area contributed by atoms with Crippen LogP contribution in [0.3, 0.4) is 0 Å². The molecule has 0 fully saturated rings. The van der Waals surface area contributed by atoms with Crippen LogP contribution >= 0.6 is 11.3 Å². The van der Waals surface area contributed by atoms with Gasteiger partial charge in [-0.15, -0.1) is 11.3 Å². The molecule has 0 saturated heterocycles. The summed E-state index contributed by atoms with van der Waals surface area (Å²) < 4.78 is 54.8. The Hall–Kier alpha value is -3.73. The van der Waals surface area contributed by atoms with Crippen molar-refractivity contribution in [2.45, 2.75) is 13.1 Å². The van der Waals surface area contributed by atoms with Gasteiger partial charge in [0.15, 0.2) is 5.69 Å². The molecule has 6 nitrogen and oxygen atoms in total. The monoisotopic (exact) mass is 490 g/mol. The summed E-state index contributed by atoms with van der Waals surface area (Å²) in [5.41, 5.74) is 0.590. The maximum absolute atomic E-state index is 13.6. The van der Waals surface area contributed by atoms with E-state index in [1.54, 1.807) is 24.3 Å². The van der Waals surface area contributed by atoms with E-state index in [9.17, 15) is 27.2 Å². The summed E-state index contributed by atoms with van der Waals surface area (Å²) in [6.07, 6.45) is -4.69. The summed E-state index contributed by atoms with van der Waals surface area (Å²) in [6.45, 7) is 1.99. The fraction of sp³-hybridized carbons (Fsp3) is 0.174. The van der Waals surface area contributed by atoms with Crippen LogP contribution in [0, 0.1) is 12.7 Å². The van der Waals surface area contributed by atoms with Crippen LogP contribution in [0.25, 0.3) is 15.9 Å². The van der Waals surface area contributed by atoms with Gasteiger partial charge in [0, 0.05) is 24.0 Å². The van der Waals surface area contributed by atoms with Gasteiger partial charge < -0.3 is 10.6 Å². The van der Waals surface area contributed by atoms with E-state index >= 15 is 0 Å². The predicted octanol–water partition coefficient (Wildman–Crippen LogP) is 4.71. The number of carbonyl (C=O) groups is 2. The standard InChI is InChI=1S/C23H18F4N4O2S/c1-13-2-8-16(9-3-13)31-22-17(19(30-31)23(25,26)27)12-18(34-22)21(33)29-11-10-28-20(32)14-4-6-15(24)7-5-14/h2-9,12H,10-11H2,1H3,(H,28,32)(H,29,33). The molecule has 0 saturated carbocycles. The lowest BCUT2D eigenvalue weighted by Crippen LogP contribution is -2.34. The number of fused-ring (bicyclic) bond motifs is 1. The molecule has 2 amide bonds. The summed E-state index contributed by atoms with van der Waals surface area (Å²) in [5.74, 6) is -1.48. The summed E-state index contributed by atoms with van der Waals surface area (Å²) in [6, 6.07) is 13.0. The number of alkyl halides is 3. The number of rotatable bonds is 6. The first-order chi connectivity index (χ1) is 16.1. The van der Waals surface area contributed by atoms with Gasteiger partial charge in [0.25, 0.3) is 11.8 Å². The Labute approximate surface area is 195 Å². The van der Waals surface area contributed by atoms with Crippen molar-refractivity contribution in [2.24, 2.45) is 0 Å². The number of hydrogen-bond donors (Lipinski definition) is 2. The molecular formula is C23H18F4N4O2S. The van der Waals surface area contributed by atoms with Crippen molar-refractivity contribution < 1.29 is 27.2 Å². The summed E-state index contributed by atoms with van der Waals surface area (Å²) in [4.78, 5) is 24.9. The third-order valence-corrected chi connectivity index (χ3v) is 6.04. The minimum Gasteiger partial charge on any atom is -0.350 e. The van der Waals surface area contributed by atoms with Crippen molar-refractivity contribution in [3.05, 3.63) is 82.1 Å². The molecule has 0 spiro atoms. The highest BCUT2D eigenvalue weighted by Gasteiger charge is 2.38. The topological polar surface area (TPSA) is 76.0 Å². The van der Waals surface area contributed by atoms with Crippen LogP contribution in [-0.4, -0.2) is 34.7 Å². The second kappa shape index (κ2) is 9.26. The van der Waals surface area contributed by atoms with E-state index in [-0.39, 0.29) is 33.7 Å². The summed E-state index contributed by atoms with van der Waals surface area (Å²) >= 11 is 0.896. The highest BCUT2D eigenvalue weighted by molar-refractivity contribution is 7.20. The molecule has 0 aliphatic heterocycles. The molecule has 0 unspecified atom stereocenters. The lowest BCUT2D eigenvalue weighted by atomic mass is 10.2. The number of amides is 2. The van der Waals surface area contributed by atoms with Crippen LogP contribution in [0.4, 0.5) is 17.6 Å². The largest absolute Gasteiger partial charge is 0.435 e. The molecule has 0 aliphatic carbocycles. The maximum atomic E-state index is 13.6. The number of thiophene rings is 1. The van der Waals surface area contributed by atoms with Gasteiger partial charge in [-0.3, -0.25) is 9.59 Å². The second-order valence-corrected chi connectivity index (χ2v) is 8.47. The minimum atomic E-state index is -4.69. The van der Waals surface area contributed by atoms with Crippen molar-refractivity contribution >= 4 is 33.4 Å². The Morgan fingerprint density at radius 3 is 2.21 bits per heavy atom. The van der Waals surface area contributed by atoms with Gasteiger partial charge in [-0.1, -0.05) is 17.7 Å². The van der Waals surface area contributed by atoms with E-state index < -0.39 is 29.5 Å². The van der Waals surface area contributed by atoms with E-state index in [1.807, 2.05) is 6.92 Å². The van der Waals surface area contributed by atoms with Crippen LogP contribution in [0.15, 0.2) is 54.6 Å². The highest BCUT2D eigenvalue weighted by Crippen LogP contribution is 2.38. The molecule has 0 bridgehead atoms. The first kappa shape index (κ1) is 23.4. The minimum absolute atomic E-state index is 0.0518. The highest BCUT2D eigenvalue weighted by atomic mass is 32.1. The smallest absolute Gasteiger partial charge is 0.350 e. The predicted molar refractivity (Wildman–Crippen MR) is 120 cm³/mol. The van der Waals surface area contributed by atoms with Gasteiger partial charge in [-0.2, -0.15) is 18.3 Å². The summed E-state index contributed by atoms with van der Waals surface area (Å²) in [7, 11) is 0. The molecule has 2 N–H and O–H groups in total. The quantitative estimate of drug-likeness (QED) is 0.304. The number of carbonyl (C=O) groups excluding carboxylic acids is 2. The molecule has 0 aliphatic rings. The molecule has 4 rings (SSSR count). The number of halogens is 4. The normalized spacial score (nSPS) is 11.6. The molecule has 2 aromatic carbocycles. The van der Waals surface area contributed by atoms with E-state index in [1.165, 1.54) is 22.9 Å². The third-order valence-electron chi connectivity index (χ3n) is 4.93. The fourth-order valence-electron chi connectivity index (χ4n) is 3.23. The van der Waals surface area contributed by atoms with Gasteiger partial charge >= 0.3 is 6.18 Å². The number of benzene rings is 2. The number of aromatic nitrogens is 2. The molecule has 34 heavy (non-hydrogen) atoms. The van der Waals surface area contributed by atoms with Crippen LogP contribution < -0.4 is 10.6 Å². The van der Waals surface area contributed by atoms with Gasteiger partial charge in [0.1, 0.15) is 10.6 Å². The zero-order valence-corrected chi connectivity index (χ0v) is 18.6. The Bertz CT molecular complexity index is 1340. The van der Waals surface area contributed by atoms with E-state index in [0.717, 1.165) is 29.0 Å². The fourth-order valence-corrected chi connectivity index (χ4v) is 4.28. The van der Waals surface area contributed by atoms with Gasteiger partial charge in [-0.25, -0.2) is 9.07 Å². The van der Waals surface area contributed by atoms with Gasteiger partial charge in [0.05, 0.1) is 10.6 Å². The molecule has 4 aromatic rings. The van der Waals surface area contributed by atoms with Crippen molar-refractivity contribution in [3.8, 4) is 5.69 Å². The van der Waals surface area contributed by atoms with Gasteiger partial charge in [0.2, 0.25) is 0 Å². The van der Waals surface area contributed by atoms with E-state index in [4.69, 9.17) is 0 Å². The number of aryl methyl sites for hydroxylation is 1. The molecule has 176 valence electrons. The molecule has 2 aromatic heterocycles. The van der Waals surface area contributed by atoms with Crippen molar-refractivity contribution in [1.82, 2.24) is 20.4 Å². The van der Waals surface area contributed by atoms with E-state index in [0.29, 0.717) is 5.69 Å². The number of hydrogen-bond acceptors (Lipinski definition) is 4. The average Bonchev–Trinajstić information content (AvgIpc) is 3.37. The van der Waals surface area contributed by atoms with Crippen molar-refractivity contribution in [2.75, 3.05) is 13.1 Å².